The predicted octanol–water partition coefficient (Wildman–Crippen LogP) is 7.18. The molecule has 0 radical (unpaired) electrons. The lowest BCUT2D eigenvalue weighted by molar-refractivity contribution is -0.198. The number of hydrogen-bond acceptors (Lipinski definition) is 8. The number of carbonyl (C=O) groups is 1. The molecule has 5 rings (SSSR count). The number of esters is 1. The van der Waals surface area contributed by atoms with E-state index in [1.54, 1.807) is 6.92 Å². The van der Waals surface area contributed by atoms with E-state index in [1.165, 1.54) is 24.3 Å². The highest BCUT2D eigenvalue weighted by Crippen LogP contribution is 2.44. The van der Waals surface area contributed by atoms with Crippen LogP contribution in [0.5, 0.6) is 5.88 Å². The van der Waals surface area contributed by atoms with Crippen molar-refractivity contribution in [3.8, 4) is 17.0 Å². The average molecular weight is 660 g/mol. The lowest BCUT2D eigenvalue weighted by atomic mass is 9.76. The number of halogens is 4. The highest BCUT2D eigenvalue weighted by Gasteiger charge is 2.46. The zero-order valence-electron chi connectivity index (χ0n) is 26.8. The first-order chi connectivity index (χ1) is 21.6. The van der Waals surface area contributed by atoms with Crippen molar-refractivity contribution < 1.29 is 27.4 Å². The molecule has 2 fully saturated rings. The van der Waals surface area contributed by atoms with Gasteiger partial charge in [-0.25, -0.2) is 0 Å². The third-order valence-corrected chi connectivity index (χ3v) is 9.11. The quantitative estimate of drug-likeness (QED) is 0.257. The van der Waals surface area contributed by atoms with E-state index in [2.05, 4.69) is 36.1 Å². The standard InChI is InChI=1S/C34H41ClF3N5O3/c1-6-45-30(44)26-18-33(19-40-26)9-11-43(12-10-33)27-17-28(42-31(39)41-27)46-29(34(36,37)38)24-8-7-23(35)16-25(24)21-13-20(2)14-22(15-21)32(3,4)5/h7-8,13-17,26,29,40H,6,9-12,18-19H2,1-5H3,(H2,39,41,42)/t26-,29+/m0/s1. The summed E-state index contributed by atoms with van der Waals surface area (Å²) in [5.74, 6) is -0.331. The summed E-state index contributed by atoms with van der Waals surface area (Å²) in [7, 11) is 0. The van der Waals surface area contributed by atoms with Gasteiger partial charge in [-0.05, 0) is 72.8 Å². The van der Waals surface area contributed by atoms with E-state index < -0.39 is 12.3 Å². The molecular formula is C34H41ClF3N5O3. The summed E-state index contributed by atoms with van der Waals surface area (Å²) in [5, 5.41) is 3.59. The van der Waals surface area contributed by atoms with E-state index in [9.17, 15) is 18.0 Å². The van der Waals surface area contributed by atoms with Gasteiger partial charge in [-0.15, -0.1) is 0 Å². The fourth-order valence-corrected chi connectivity index (χ4v) is 6.55. The van der Waals surface area contributed by atoms with Gasteiger partial charge in [-0.3, -0.25) is 4.79 Å². The molecule has 3 N–H and O–H groups in total. The van der Waals surface area contributed by atoms with Gasteiger partial charge < -0.3 is 25.4 Å². The van der Waals surface area contributed by atoms with Crippen molar-refractivity contribution in [3.05, 3.63) is 64.2 Å². The largest absolute Gasteiger partial charge is 0.465 e. The second kappa shape index (κ2) is 12.9. The van der Waals surface area contributed by atoms with Gasteiger partial charge in [0.2, 0.25) is 17.9 Å². The van der Waals surface area contributed by atoms with Crippen LogP contribution >= 0.6 is 11.6 Å². The Labute approximate surface area is 272 Å². The number of nitrogens with two attached hydrogens (primary N) is 1. The highest BCUT2D eigenvalue weighted by atomic mass is 35.5. The highest BCUT2D eigenvalue weighted by molar-refractivity contribution is 6.30. The van der Waals surface area contributed by atoms with E-state index in [0.717, 1.165) is 24.0 Å². The second-order valence-corrected chi connectivity index (χ2v) is 13.8. The van der Waals surface area contributed by atoms with Crippen molar-refractivity contribution >= 4 is 29.3 Å². The van der Waals surface area contributed by atoms with Crippen molar-refractivity contribution in [2.75, 3.05) is 36.9 Å². The first-order valence-electron chi connectivity index (χ1n) is 15.5. The van der Waals surface area contributed by atoms with Crippen LogP contribution in [-0.4, -0.2) is 54.4 Å². The maximum atomic E-state index is 14.8. The van der Waals surface area contributed by atoms with Crippen LogP contribution in [0.4, 0.5) is 24.9 Å². The van der Waals surface area contributed by atoms with Crippen LogP contribution in [0.3, 0.4) is 0 Å². The fourth-order valence-electron chi connectivity index (χ4n) is 6.38. The Morgan fingerprint density at radius 2 is 1.85 bits per heavy atom. The van der Waals surface area contributed by atoms with Gasteiger partial charge in [0.25, 0.3) is 0 Å². The maximum Gasteiger partial charge on any atom is 0.429 e. The molecule has 2 aliphatic rings. The van der Waals surface area contributed by atoms with Gasteiger partial charge in [0, 0.05) is 36.3 Å². The lowest BCUT2D eigenvalue weighted by Crippen LogP contribution is -2.41. The smallest absolute Gasteiger partial charge is 0.429 e. The molecule has 248 valence electrons. The van der Waals surface area contributed by atoms with Crippen molar-refractivity contribution in [3.63, 3.8) is 0 Å². The number of nitrogens with zero attached hydrogens (tertiary/aromatic N) is 3. The van der Waals surface area contributed by atoms with Crippen LogP contribution in [0.25, 0.3) is 11.1 Å². The van der Waals surface area contributed by atoms with E-state index in [1.807, 2.05) is 30.0 Å². The molecule has 0 unspecified atom stereocenters. The molecule has 0 amide bonds. The Balaban J connectivity index is 1.42. The van der Waals surface area contributed by atoms with Gasteiger partial charge in [0.15, 0.2) is 0 Å². The van der Waals surface area contributed by atoms with Crippen LogP contribution in [-0.2, 0) is 14.9 Å². The lowest BCUT2D eigenvalue weighted by Gasteiger charge is -2.39. The van der Waals surface area contributed by atoms with Crippen LogP contribution in [0.1, 0.15) is 69.8 Å². The minimum Gasteiger partial charge on any atom is -0.465 e. The number of aryl methyl sites for hydroxylation is 1. The van der Waals surface area contributed by atoms with Crippen LogP contribution in [0.15, 0.2) is 42.5 Å². The third-order valence-electron chi connectivity index (χ3n) is 8.87. The molecule has 2 aliphatic heterocycles. The topological polar surface area (TPSA) is 103 Å². The van der Waals surface area contributed by atoms with Crippen molar-refractivity contribution in [1.29, 1.82) is 0 Å². The molecule has 1 aromatic heterocycles. The number of carbonyl (C=O) groups excluding carboxylic acids is 1. The summed E-state index contributed by atoms with van der Waals surface area (Å²) in [6.07, 6.45) is -4.93. The first-order valence-corrected chi connectivity index (χ1v) is 15.9. The zero-order valence-corrected chi connectivity index (χ0v) is 27.6. The number of hydrogen-bond donors (Lipinski definition) is 2. The molecule has 2 aromatic carbocycles. The summed E-state index contributed by atoms with van der Waals surface area (Å²) in [5.41, 5.74) is 8.46. The first kappa shape index (κ1) is 33.8. The van der Waals surface area contributed by atoms with Crippen molar-refractivity contribution in [2.24, 2.45) is 5.41 Å². The van der Waals surface area contributed by atoms with E-state index in [4.69, 9.17) is 26.8 Å². The third kappa shape index (κ3) is 7.52. The number of alkyl halides is 3. The summed E-state index contributed by atoms with van der Waals surface area (Å²) in [6, 6.07) is 11.2. The molecule has 0 bridgehead atoms. The number of ether oxygens (including phenoxy) is 2. The number of piperidine rings is 1. The number of aromatic nitrogens is 2. The Morgan fingerprint density at radius 1 is 1.13 bits per heavy atom. The minimum absolute atomic E-state index is 0.0686. The average Bonchev–Trinajstić information content (AvgIpc) is 3.38. The van der Waals surface area contributed by atoms with Crippen LogP contribution in [0.2, 0.25) is 5.02 Å². The molecule has 0 aliphatic carbocycles. The molecule has 12 heteroatoms. The van der Waals surface area contributed by atoms with E-state index in [0.29, 0.717) is 54.6 Å². The molecule has 0 saturated carbocycles. The molecule has 2 saturated heterocycles. The fraction of sp³-hybridized carbons (Fsp3) is 0.500. The summed E-state index contributed by atoms with van der Waals surface area (Å²) >= 11 is 6.33. The molecule has 3 aromatic rings. The summed E-state index contributed by atoms with van der Waals surface area (Å²) in [4.78, 5) is 22.6. The normalized spacial score (nSPS) is 18.9. The van der Waals surface area contributed by atoms with Crippen LogP contribution < -0.4 is 20.7 Å². The van der Waals surface area contributed by atoms with Crippen molar-refractivity contribution in [1.82, 2.24) is 15.3 Å². The van der Waals surface area contributed by atoms with Gasteiger partial charge in [-0.2, -0.15) is 23.1 Å². The Hall–Kier alpha value is -3.57. The molecule has 3 heterocycles. The van der Waals surface area contributed by atoms with E-state index in [-0.39, 0.29) is 40.2 Å². The predicted molar refractivity (Wildman–Crippen MR) is 173 cm³/mol. The number of rotatable bonds is 7. The molecular weight excluding hydrogens is 619 g/mol. The van der Waals surface area contributed by atoms with Gasteiger partial charge in [0.1, 0.15) is 11.9 Å². The second-order valence-electron chi connectivity index (χ2n) is 13.4. The Kier molecular flexibility index (Phi) is 9.48. The van der Waals surface area contributed by atoms with Crippen LogP contribution in [0, 0.1) is 12.3 Å². The zero-order chi connectivity index (χ0) is 33.4. The Morgan fingerprint density at radius 3 is 2.50 bits per heavy atom. The van der Waals surface area contributed by atoms with E-state index >= 15 is 0 Å². The molecule has 1 spiro atoms. The molecule has 46 heavy (non-hydrogen) atoms. The SMILES string of the molecule is CCOC(=O)[C@@H]1CC2(CCN(c3cc(O[C@H](c4ccc(Cl)cc4-c4cc(C)cc(C(C)(C)C)c4)C(F)(F)F)nc(N)n3)CC2)CN1. The van der Waals surface area contributed by atoms with Gasteiger partial charge in [0.05, 0.1) is 6.61 Å². The number of benzene rings is 2. The molecule has 8 nitrogen and oxygen atoms in total. The van der Waals surface area contributed by atoms with Gasteiger partial charge in [-0.1, -0.05) is 62.2 Å². The summed E-state index contributed by atoms with van der Waals surface area (Å²) < 4.78 is 55.3. The Bertz CT molecular complexity index is 1590. The number of nitrogen functional groups attached to an aromatic ring is 1. The number of anilines is 2. The summed E-state index contributed by atoms with van der Waals surface area (Å²) in [6.45, 7) is 12.0. The monoisotopic (exact) mass is 659 g/mol. The number of nitrogens with one attached hydrogen (secondary N) is 1. The minimum atomic E-state index is -4.79. The van der Waals surface area contributed by atoms with Gasteiger partial charge >= 0.3 is 12.1 Å². The van der Waals surface area contributed by atoms with Crippen molar-refractivity contribution in [2.45, 2.75) is 77.6 Å². The molecule has 2 atom stereocenters. The maximum absolute atomic E-state index is 14.8.